The van der Waals surface area contributed by atoms with Crippen LogP contribution in [0.3, 0.4) is 0 Å². The second-order valence-corrected chi connectivity index (χ2v) is 5.67. The van der Waals surface area contributed by atoms with Crippen molar-refractivity contribution in [2.75, 3.05) is 6.61 Å². The summed E-state index contributed by atoms with van der Waals surface area (Å²) in [4.78, 5) is 0. The molecule has 0 fully saturated rings. The van der Waals surface area contributed by atoms with Gasteiger partial charge in [-0.3, -0.25) is 0 Å². The van der Waals surface area contributed by atoms with Crippen molar-refractivity contribution in [3.05, 3.63) is 64.9 Å². The number of hydrogen-bond donors (Lipinski definition) is 0. The van der Waals surface area contributed by atoms with Gasteiger partial charge in [-0.1, -0.05) is 46.3 Å². The van der Waals surface area contributed by atoms with Crippen LogP contribution in [0, 0.1) is 5.82 Å². The lowest BCUT2D eigenvalue weighted by Gasteiger charge is -2.13. The topological polar surface area (TPSA) is 9.23 Å². The molecule has 0 radical (unpaired) electrons. The molecule has 3 aromatic carbocycles. The first-order chi connectivity index (χ1) is 10.2. The van der Waals surface area contributed by atoms with Crippen LogP contribution in [-0.2, 0) is 0 Å². The van der Waals surface area contributed by atoms with Crippen LogP contribution in [0.5, 0.6) is 5.75 Å². The Bertz CT molecular complexity index is 798. The predicted molar refractivity (Wildman–Crippen MR) is 88.2 cm³/mol. The first-order valence-electron chi connectivity index (χ1n) is 6.80. The molecule has 0 aliphatic rings. The van der Waals surface area contributed by atoms with Crippen LogP contribution in [0.15, 0.2) is 59.1 Å². The molecule has 0 saturated carbocycles. The smallest absolute Gasteiger partial charge is 0.132 e. The quantitative estimate of drug-likeness (QED) is 0.582. The largest absolute Gasteiger partial charge is 0.493 e. The Morgan fingerprint density at radius 1 is 0.952 bits per heavy atom. The van der Waals surface area contributed by atoms with E-state index in [0.29, 0.717) is 17.9 Å². The van der Waals surface area contributed by atoms with Gasteiger partial charge in [0.1, 0.15) is 11.6 Å². The van der Waals surface area contributed by atoms with E-state index in [9.17, 15) is 4.39 Å². The fraction of sp³-hybridized carbons (Fsp3) is 0.111. The molecule has 0 aliphatic carbocycles. The molecule has 0 unspecified atom stereocenters. The van der Waals surface area contributed by atoms with Crippen LogP contribution in [0.4, 0.5) is 4.39 Å². The van der Waals surface area contributed by atoms with Crippen LogP contribution >= 0.6 is 15.9 Å². The van der Waals surface area contributed by atoms with E-state index in [-0.39, 0.29) is 5.82 Å². The van der Waals surface area contributed by atoms with E-state index in [0.717, 1.165) is 20.8 Å². The van der Waals surface area contributed by atoms with Crippen molar-refractivity contribution >= 4 is 26.7 Å². The fourth-order valence-corrected chi connectivity index (χ4v) is 2.75. The molecule has 0 saturated heterocycles. The summed E-state index contributed by atoms with van der Waals surface area (Å²) >= 11 is 3.29. The molecule has 3 aromatic rings. The SMILES string of the molecule is CCOc1cc2ccccc2cc1-c1ccc(Br)cc1F. The highest BCUT2D eigenvalue weighted by atomic mass is 79.9. The zero-order valence-electron chi connectivity index (χ0n) is 11.6. The van der Waals surface area contributed by atoms with Gasteiger partial charge in [-0.2, -0.15) is 0 Å². The molecule has 0 atom stereocenters. The molecule has 0 amide bonds. The Balaban J connectivity index is 2.26. The second kappa shape index (κ2) is 5.86. The normalized spacial score (nSPS) is 10.8. The third kappa shape index (κ3) is 2.79. The van der Waals surface area contributed by atoms with Gasteiger partial charge in [0, 0.05) is 15.6 Å². The number of rotatable bonds is 3. The predicted octanol–water partition coefficient (Wildman–Crippen LogP) is 5.81. The summed E-state index contributed by atoms with van der Waals surface area (Å²) in [5, 5.41) is 2.15. The highest BCUT2D eigenvalue weighted by Gasteiger charge is 2.12. The molecule has 0 heterocycles. The minimum Gasteiger partial charge on any atom is -0.493 e. The van der Waals surface area contributed by atoms with Gasteiger partial charge in [-0.25, -0.2) is 4.39 Å². The first-order valence-corrected chi connectivity index (χ1v) is 7.59. The number of fused-ring (bicyclic) bond motifs is 1. The van der Waals surface area contributed by atoms with Crippen molar-refractivity contribution in [3.8, 4) is 16.9 Å². The number of benzene rings is 3. The highest BCUT2D eigenvalue weighted by Crippen LogP contribution is 2.36. The van der Waals surface area contributed by atoms with Crippen molar-refractivity contribution in [2.45, 2.75) is 6.92 Å². The molecule has 0 N–H and O–H groups in total. The Morgan fingerprint density at radius 3 is 2.33 bits per heavy atom. The lowest BCUT2D eigenvalue weighted by atomic mass is 9.99. The van der Waals surface area contributed by atoms with E-state index in [4.69, 9.17) is 4.74 Å². The van der Waals surface area contributed by atoms with Crippen LogP contribution < -0.4 is 4.74 Å². The summed E-state index contributed by atoms with van der Waals surface area (Å²) in [5.74, 6) is 0.443. The molecule has 0 aromatic heterocycles. The molecule has 0 bridgehead atoms. The third-order valence-electron chi connectivity index (χ3n) is 3.37. The minimum absolute atomic E-state index is 0.263. The van der Waals surface area contributed by atoms with Crippen molar-refractivity contribution in [2.24, 2.45) is 0 Å². The van der Waals surface area contributed by atoms with E-state index < -0.39 is 0 Å². The van der Waals surface area contributed by atoms with Crippen LogP contribution in [0.1, 0.15) is 6.92 Å². The summed E-state index contributed by atoms with van der Waals surface area (Å²) < 4.78 is 20.7. The first kappa shape index (κ1) is 14.1. The molecular formula is C18H14BrFO. The second-order valence-electron chi connectivity index (χ2n) is 4.75. The van der Waals surface area contributed by atoms with E-state index >= 15 is 0 Å². The van der Waals surface area contributed by atoms with Gasteiger partial charge in [0.05, 0.1) is 6.61 Å². The monoisotopic (exact) mass is 344 g/mol. The Labute approximate surface area is 131 Å². The zero-order chi connectivity index (χ0) is 14.8. The van der Waals surface area contributed by atoms with Gasteiger partial charge in [0.2, 0.25) is 0 Å². The Kier molecular flexibility index (Phi) is 3.93. The van der Waals surface area contributed by atoms with Crippen LogP contribution in [0.2, 0.25) is 0 Å². The van der Waals surface area contributed by atoms with Gasteiger partial charge >= 0.3 is 0 Å². The minimum atomic E-state index is -0.263. The zero-order valence-corrected chi connectivity index (χ0v) is 13.2. The van der Waals surface area contributed by atoms with Gasteiger partial charge in [0.25, 0.3) is 0 Å². The summed E-state index contributed by atoms with van der Waals surface area (Å²) in [6.45, 7) is 2.47. The molecule has 3 rings (SSSR count). The van der Waals surface area contributed by atoms with E-state index in [2.05, 4.69) is 15.9 Å². The molecule has 3 heteroatoms. The van der Waals surface area contributed by atoms with E-state index in [1.807, 2.05) is 49.4 Å². The van der Waals surface area contributed by atoms with Gasteiger partial charge in [-0.05, 0) is 42.0 Å². The summed E-state index contributed by atoms with van der Waals surface area (Å²) in [7, 11) is 0. The standard InChI is InChI=1S/C18H14BrFO/c1-2-21-18-10-13-6-4-3-5-12(13)9-16(18)15-8-7-14(19)11-17(15)20/h3-11H,2H2,1H3. The summed E-state index contributed by atoms with van der Waals surface area (Å²) in [5.41, 5.74) is 1.33. The van der Waals surface area contributed by atoms with Crippen molar-refractivity contribution < 1.29 is 9.13 Å². The van der Waals surface area contributed by atoms with Gasteiger partial charge < -0.3 is 4.74 Å². The Hall–Kier alpha value is -1.87. The lowest BCUT2D eigenvalue weighted by molar-refractivity contribution is 0.342. The van der Waals surface area contributed by atoms with Gasteiger partial charge in [-0.15, -0.1) is 0 Å². The Morgan fingerprint density at radius 2 is 1.67 bits per heavy atom. The maximum absolute atomic E-state index is 14.3. The molecule has 21 heavy (non-hydrogen) atoms. The third-order valence-corrected chi connectivity index (χ3v) is 3.86. The van der Waals surface area contributed by atoms with E-state index in [1.165, 1.54) is 6.07 Å². The summed E-state index contributed by atoms with van der Waals surface area (Å²) in [6.07, 6.45) is 0. The molecule has 0 aliphatic heterocycles. The van der Waals surface area contributed by atoms with Crippen LogP contribution in [-0.4, -0.2) is 6.61 Å². The highest BCUT2D eigenvalue weighted by molar-refractivity contribution is 9.10. The van der Waals surface area contributed by atoms with Crippen molar-refractivity contribution in [3.63, 3.8) is 0 Å². The average molecular weight is 345 g/mol. The van der Waals surface area contributed by atoms with Crippen molar-refractivity contribution in [1.82, 2.24) is 0 Å². The van der Waals surface area contributed by atoms with E-state index in [1.54, 1.807) is 6.07 Å². The maximum atomic E-state index is 14.3. The number of hydrogen-bond acceptors (Lipinski definition) is 1. The van der Waals surface area contributed by atoms with Gasteiger partial charge in [0.15, 0.2) is 0 Å². The number of halogens is 2. The van der Waals surface area contributed by atoms with Crippen molar-refractivity contribution in [1.29, 1.82) is 0 Å². The average Bonchev–Trinajstić information content (AvgIpc) is 2.47. The maximum Gasteiger partial charge on any atom is 0.132 e. The van der Waals surface area contributed by atoms with Crippen LogP contribution in [0.25, 0.3) is 21.9 Å². The number of ether oxygens (including phenoxy) is 1. The molecule has 1 nitrogen and oxygen atoms in total. The summed E-state index contributed by atoms with van der Waals surface area (Å²) in [6, 6.07) is 17.0. The lowest BCUT2D eigenvalue weighted by Crippen LogP contribution is -1.96. The molecule has 0 spiro atoms. The molecular weight excluding hydrogens is 331 g/mol. The molecule has 106 valence electrons. The fourth-order valence-electron chi connectivity index (χ4n) is 2.41.